The van der Waals surface area contributed by atoms with Crippen LogP contribution in [0.1, 0.15) is 239 Å². The molecular formula is C90H80N4O2S4. The van der Waals surface area contributed by atoms with Crippen molar-refractivity contribution in [2.45, 2.75) is 167 Å². The maximum atomic E-state index is 14.8. The third-order valence-electron chi connectivity index (χ3n) is 21.2. The molecule has 0 aliphatic heterocycles. The topological polar surface area (TPSA) is 129 Å². The average Bonchev–Trinajstić information content (AvgIpc) is 1.49. The monoisotopic (exact) mass is 1380 g/mol. The lowest BCUT2D eigenvalue weighted by Crippen LogP contribution is -2.29. The van der Waals surface area contributed by atoms with Crippen molar-refractivity contribution in [2.75, 3.05) is 0 Å². The van der Waals surface area contributed by atoms with E-state index >= 15 is 0 Å². The molecule has 4 aromatic heterocycles. The predicted octanol–water partition coefficient (Wildman–Crippen LogP) is 24.5. The van der Waals surface area contributed by atoms with Crippen LogP contribution in [0.5, 0.6) is 0 Å². The minimum absolute atomic E-state index is 0.0856. The van der Waals surface area contributed by atoms with Crippen LogP contribution < -0.4 is 0 Å². The van der Waals surface area contributed by atoms with Gasteiger partial charge < -0.3 is 0 Å². The molecule has 0 N–H and O–H groups in total. The van der Waals surface area contributed by atoms with Crippen LogP contribution in [0.2, 0.25) is 0 Å². The number of benzene rings is 6. The highest BCUT2D eigenvalue weighted by atomic mass is 32.1. The van der Waals surface area contributed by atoms with E-state index in [1.807, 2.05) is 71.2 Å². The number of hydrogen-bond acceptors (Lipinski definition) is 10. The average molecular weight is 1380 g/mol. The molecule has 0 spiro atoms. The van der Waals surface area contributed by atoms with Gasteiger partial charge in [0.15, 0.2) is 11.6 Å². The van der Waals surface area contributed by atoms with Gasteiger partial charge in [-0.1, -0.05) is 250 Å². The summed E-state index contributed by atoms with van der Waals surface area (Å²) in [5.74, 6) is -0.401. The van der Waals surface area contributed by atoms with E-state index in [1.165, 1.54) is 130 Å². The lowest BCUT2D eigenvalue weighted by molar-refractivity contribution is 0.103. The zero-order chi connectivity index (χ0) is 69.1. The fraction of sp³-hybridized carbons (Fsp3) is 0.289. The normalized spacial score (nSPS) is 15.0. The number of carbonyl (C=O) groups excluding carboxylic acids is 2. The lowest BCUT2D eigenvalue weighted by atomic mass is 9.67. The molecule has 4 heterocycles. The number of thiophene rings is 4. The molecule has 6 aromatic carbocycles. The van der Waals surface area contributed by atoms with E-state index in [2.05, 4.69) is 161 Å². The first-order valence-electron chi connectivity index (χ1n) is 36.2. The zero-order valence-electron chi connectivity index (χ0n) is 57.5. The zero-order valence-corrected chi connectivity index (χ0v) is 60.8. The van der Waals surface area contributed by atoms with Crippen LogP contribution in [0.25, 0.3) is 52.2 Å². The molecule has 0 saturated heterocycles. The molecule has 10 heteroatoms. The van der Waals surface area contributed by atoms with Crippen molar-refractivity contribution in [2.24, 2.45) is 0 Å². The van der Waals surface area contributed by atoms with Crippen molar-refractivity contribution >= 4 is 89.6 Å². The van der Waals surface area contributed by atoms with Gasteiger partial charge >= 0.3 is 0 Å². The molecule has 100 heavy (non-hydrogen) atoms. The van der Waals surface area contributed by atoms with Crippen LogP contribution in [0.15, 0.2) is 180 Å². The molecule has 0 bridgehead atoms. The quantitative estimate of drug-likeness (QED) is 0.0302. The highest BCUT2D eigenvalue weighted by Crippen LogP contribution is 2.70. The summed E-state index contributed by atoms with van der Waals surface area (Å²) in [4.78, 5) is 36.0. The Hall–Kier alpha value is -9.36. The summed E-state index contributed by atoms with van der Waals surface area (Å²) < 4.78 is 2.45. The van der Waals surface area contributed by atoms with Gasteiger partial charge in [0.2, 0.25) is 0 Å². The summed E-state index contributed by atoms with van der Waals surface area (Å²) in [7, 11) is 0. The van der Waals surface area contributed by atoms with E-state index in [-0.39, 0.29) is 22.7 Å². The minimum Gasteiger partial charge on any atom is -0.289 e. The first kappa shape index (κ1) is 67.8. The largest absolute Gasteiger partial charge is 0.289 e. The van der Waals surface area contributed by atoms with Crippen molar-refractivity contribution in [3.63, 3.8) is 0 Å². The molecule has 0 unspecified atom stereocenters. The summed E-state index contributed by atoms with van der Waals surface area (Å²) in [6.07, 6.45) is 26.6. The molecule has 14 rings (SSSR count). The fourth-order valence-corrected chi connectivity index (χ4v) is 22.0. The maximum absolute atomic E-state index is 14.8. The molecule has 0 saturated carbocycles. The molecule has 6 nitrogen and oxygen atoms in total. The van der Waals surface area contributed by atoms with E-state index in [0.29, 0.717) is 44.5 Å². The van der Waals surface area contributed by atoms with Crippen LogP contribution in [0.4, 0.5) is 0 Å². The third kappa shape index (κ3) is 11.8. The summed E-state index contributed by atoms with van der Waals surface area (Å²) in [5.41, 5.74) is 16.4. The first-order chi connectivity index (χ1) is 49.1. The van der Waals surface area contributed by atoms with E-state index in [0.717, 1.165) is 104 Å². The predicted molar refractivity (Wildman–Crippen MR) is 415 cm³/mol. The molecular weight excluding hydrogens is 1300 g/mol. The van der Waals surface area contributed by atoms with Gasteiger partial charge in [0, 0.05) is 54.3 Å². The number of carbonyl (C=O) groups is 2. The fourth-order valence-electron chi connectivity index (χ4n) is 16.3. The number of nitriles is 4. The second-order valence-corrected chi connectivity index (χ2v) is 31.6. The van der Waals surface area contributed by atoms with Gasteiger partial charge in [-0.05, 0) is 142 Å². The van der Waals surface area contributed by atoms with Gasteiger partial charge in [0.1, 0.15) is 35.4 Å². The van der Waals surface area contributed by atoms with Crippen molar-refractivity contribution in [1.82, 2.24) is 0 Å². The van der Waals surface area contributed by atoms with Gasteiger partial charge in [0.05, 0.1) is 39.7 Å². The van der Waals surface area contributed by atoms with Gasteiger partial charge in [0.25, 0.3) is 0 Å². The van der Waals surface area contributed by atoms with Crippen LogP contribution in [-0.4, -0.2) is 11.6 Å². The van der Waals surface area contributed by atoms with E-state index in [9.17, 15) is 30.6 Å². The van der Waals surface area contributed by atoms with Gasteiger partial charge in [-0.3, -0.25) is 9.59 Å². The van der Waals surface area contributed by atoms with Crippen molar-refractivity contribution < 1.29 is 9.59 Å². The minimum atomic E-state index is -0.850. The first-order valence-corrected chi connectivity index (χ1v) is 39.4. The summed E-state index contributed by atoms with van der Waals surface area (Å²) in [5, 5.41) is 42.0. The number of Topliss-reactive ketones (excluding diaryl/α,β-unsaturated/α-hetero) is 2. The summed E-state index contributed by atoms with van der Waals surface area (Å²) in [6.45, 7) is 9.04. The SMILES string of the molecule is CCCCCCc1ccc(C2(c3ccc(CCCCCC)cc3)c3cc(C=C4C(=O)c5ccccc5C4=C(C#N)C#N)sc3-c3sc4c5c(sc4c32)-c2sc(C=C3C(=O)c4ccccc4C3=C(C#N)C#N)cc2C5(c2ccc(CCCCCC)cc2)c2ccc(CCCCCC)cc2)cc1. The molecule has 10 aromatic rings. The second-order valence-electron chi connectivity index (χ2n) is 27.4. The van der Waals surface area contributed by atoms with Crippen molar-refractivity contribution in [3.05, 3.63) is 279 Å². The molecule has 0 radical (unpaired) electrons. The van der Waals surface area contributed by atoms with Crippen molar-refractivity contribution in [1.29, 1.82) is 21.0 Å². The highest BCUT2D eigenvalue weighted by Gasteiger charge is 2.55. The Balaban J connectivity index is 1.06. The van der Waals surface area contributed by atoms with Crippen LogP contribution in [-0.2, 0) is 36.5 Å². The van der Waals surface area contributed by atoms with Gasteiger partial charge in [-0.15, -0.1) is 45.3 Å². The number of allylic oxidation sites excluding steroid dienone is 6. The highest BCUT2D eigenvalue weighted by molar-refractivity contribution is 7.34. The Morgan fingerprint density at radius 2 is 0.650 bits per heavy atom. The number of fused-ring (bicyclic) bond motifs is 11. The number of aryl methyl sites for hydroxylation is 4. The van der Waals surface area contributed by atoms with Gasteiger partial charge in [-0.25, -0.2) is 0 Å². The lowest BCUT2D eigenvalue weighted by Gasteiger charge is -2.34. The number of rotatable bonds is 26. The summed E-state index contributed by atoms with van der Waals surface area (Å²) in [6, 6.07) is 65.9. The number of unbranched alkanes of at least 4 members (excludes halogenated alkanes) is 12. The van der Waals surface area contributed by atoms with Crippen LogP contribution in [0, 0.1) is 45.3 Å². The van der Waals surface area contributed by atoms with Crippen LogP contribution in [0.3, 0.4) is 0 Å². The van der Waals surface area contributed by atoms with E-state index < -0.39 is 10.8 Å². The summed E-state index contributed by atoms with van der Waals surface area (Å²) >= 11 is 7.14. The molecule has 0 atom stereocenters. The second kappa shape index (κ2) is 29.5. The molecule has 496 valence electrons. The van der Waals surface area contributed by atoms with Gasteiger partial charge in [-0.2, -0.15) is 21.0 Å². The Morgan fingerprint density at radius 1 is 0.360 bits per heavy atom. The number of hydrogen-bond donors (Lipinski definition) is 0. The van der Waals surface area contributed by atoms with Crippen molar-refractivity contribution in [3.8, 4) is 43.8 Å². The molecule has 4 aliphatic carbocycles. The smallest absolute Gasteiger partial charge is 0.194 e. The molecule has 0 amide bonds. The standard InChI is InChI=1S/C90H80N4O2S4/c1-5-9-13-17-25-57-33-41-63(42-34-57)89(64-43-35-58(36-44-64)26-18-14-10-6-2)75-51-67(49-73-77(61(53-91)54-92)69-29-21-23-31-71(69)81(73)95)97-83(75)85-79(89)87-88(99-85)80-86(100-87)84-76(52-68(98-84)50-74-78(62(55-93)56-94)70-30-22-24-32-72(70)82(74)96)90(80,65-45-37-59(38-46-65)27-19-15-11-7-3)66-47-39-60(40-48-66)28-20-16-12-8-4/h21-24,29-52H,5-20,25-28H2,1-4H3. The Kier molecular flexibility index (Phi) is 20.0. The Morgan fingerprint density at radius 3 is 0.930 bits per heavy atom. The molecule has 0 fully saturated rings. The number of ketones is 2. The van der Waals surface area contributed by atoms with E-state index in [4.69, 9.17) is 0 Å². The maximum Gasteiger partial charge on any atom is 0.194 e. The van der Waals surface area contributed by atoms with E-state index in [1.54, 1.807) is 34.8 Å². The number of nitrogens with zero attached hydrogens (tertiary/aromatic N) is 4. The third-order valence-corrected chi connectivity index (χ3v) is 26.3. The molecule has 4 aliphatic rings. The van der Waals surface area contributed by atoms with Crippen LogP contribution >= 0.6 is 45.3 Å². The Bertz CT molecular complexity index is 4670. The Labute approximate surface area is 605 Å².